The summed E-state index contributed by atoms with van der Waals surface area (Å²) in [5.41, 5.74) is 6.02. The monoisotopic (exact) mass is 472 g/mol. The zero-order chi connectivity index (χ0) is 24.1. The summed E-state index contributed by atoms with van der Waals surface area (Å²) in [6, 6.07) is 6.53. The lowest BCUT2D eigenvalue weighted by atomic mass is 10.0. The quantitative estimate of drug-likeness (QED) is 0.478. The number of anilines is 1. The van der Waals surface area contributed by atoms with E-state index in [0.29, 0.717) is 25.0 Å². The zero-order valence-electron chi connectivity index (χ0n) is 20.8. The van der Waals surface area contributed by atoms with Crippen molar-refractivity contribution in [2.75, 3.05) is 37.7 Å². The van der Waals surface area contributed by atoms with Crippen molar-refractivity contribution < 1.29 is 4.74 Å². The van der Waals surface area contributed by atoms with Crippen molar-refractivity contribution in [3.63, 3.8) is 0 Å². The first-order valence-electron chi connectivity index (χ1n) is 12.4. The largest absolute Gasteiger partial charge is 0.377 e. The van der Waals surface area contributed by atoms with Crippen LogP contribution in [0, 0.1) is 19.8 Å². The van der Waals surface area contributed by atoms with Crippen LogP contribution in [0.5, 0.6) is 0 Å². The molecule has 9 nitrogen and oxygen atoms in total. The summed E-state index contributed by atoms with van der Waals surface area (Å²) in [6.45, 7) is 11.6. The highest BCUT2D eigenvalue weighted by atomic mass is 16.5. The summed E-state index contributed by atoms with van der Waals surface area (Å²) in [6.07, 6.45) is 4.02. The topological polar surface area (TPSA) is 85.9 Å². The fourth-order valence-electron chi connectivity index (χ4n) is 5.23. The summed E-state index contributed by atoms with van der Waals surface area (Å²) >= 11 is 0. The Morgan fingerprint density at radius 1 is 1.17 bits per heavy atom. The smallest absolute Gasteiger partial charge is 0.162 e. The first kappa shape index (κ1) is 22.2. The predicted octanol–water partition coefficient (Wildman–Crippen LogP) is 2.96. The molecular weight excluding hydrogens is 440 g/mol. The molecule has 6 heterocycles. The van der Waals surface area contributed by atoms with Gasteiger partial charge in [-0.05, 0) is 32.9 Å². The first-order chi connectivity index (χ1) is 17.0. The second-order valence-electron chi connectivity index (χ2n) is 9.81. The van der Waals surface area contributed by atoms with Gasteiger partial charge in [0, 0.05) is 79.8 Å². The number of hydrogen-bond acceptors (Lipinski definition) is 7. The number of nitrogens with one attached hydrogen (secondary N) is 1. The molecule has 0 aliphatic carbocycles. The summed E-state index contributed by atoms with van der Waals surface area (Å²) in [5.74, 6) is 2.30. The molecule has 182 valence electrons. The van der Waals surface area contributed by atoms with Gasteiger partial charge in [-0.1, -0.05) is 0 Å². The number of aromatic nitrogens is 6. The van der Waals surface area contributed by atoms with Gasteiger partial charge in [-0.25, -0.2) is 15.0 Å². The van der Waals surface area contributed by atoms with Gasteiger partial charge < -0.3 is 19.5 Å². The van der Waals surface area contributed by atoms with Crippen molar-refractivity contribution in [1.82, 2.24) is 34.6 Å². The van der Waals surface area contributed by atoms with Gasteiger partial charge in [0.15, 0.2) is 5.82 Å². The van der Waals surface area contributed by atoms with E-state index < -0.39 is 0 Å². The standard InChI is InChI=1S/C26H32N8O/c1-16-15-35-10-9-34(16)23-11-22(24-17(2)31-32(4)18(24)3)29-25(30-23)20-5-7-28-26-21(20)6-8-33(26)14-19-12-27-13-19/h5-8,11,16,19,27H,9-10,12-15H2,1-4H3/t16-/m1/s1. The van der Waals surface area contributed by atoms with E-state index in [-0.39, 0.29) is 6.04 Å². The Kier molecular flexibility index (Phi) is 5.53. The third kappa shape index (κ3) is 3.88. The van der Waals surface area contributed by atoms with Gasteiger partial charge in [-0.3, -0.25) is 4.68 Å². The van der Waals surface area contributed by atoms with Crippen molar-refractivity contribution in [3.8, 4) is 22.6 Å². The summed E-state index contributed by atoms with van der Waals surface area (Å²) in [4.78, 5) is 17.3. The molecule has 9 heteroatoms. The SMILES string of the molecule is Cc1nn(C)c(C)c1-c1cc(N2CCOC[C@H]2C)nc(-c2ccnc3c2ccn3CC2CNC2)n1. The second-order valence-corrected chi connectivity index (χ2v) is 9.81. The molecule has 35 heavy (non-hydrogen) atoms. The Morgan fingerprint density at radius 3 is 2.74 bits per heavy atom. The van der Waals surface area contributed by atoms with E-state index in [1.54, 1.807) is 0 Å². The highest BCUT2D eigenvalue weighted by molar-refractivity contribution is 5.92. The van der Waals surface area contributed by atoms with Crippen LogP contribution in [0.4, 0.5) is 5.82 Å². The van der Waals surface area contributed by atoms with E-state index in [1.807, 2.05) is 30.9 Å². The first-order valence-corrected chi connectivity index (χ1v) is 12.4. The number of ether oxygens (including phenoxy) is 1. The van der Waals surface area contributed by atoms with E-state index in [9.17, 15) is 0 Å². The number of rotatable bonds is 5. The molecule has 0 saturated carbocycles. The van der Waals surface area contributed by atoms with Gasteiger partial charge in [-0.15, -0.1) is 0 Å². The summed E-state index contributed by atoms with van der Waals surface area (Å²) in [5, 5.41) is 9.08. The maximum atomic E-state index is 5.70. The van der Waals surface area contributed by atoms with E-state index in [0.717, 1.165) is 71.2 Å². The summed E-state index contributed by atoms with van der Waals surface area (Å²) in [7, 11) is 1.98. The molecule has 0 spiro atoms. The molecule has 2 saturated heterocycles. The van der Waals surface area contributed by atoms with Gasteiger partial charge in [0.25, 0.3) is 0 Å². The number of fused-ring (bicyclic) bond motifs is 1. The number of nitrogens with zero attached hydrogens (tertiary/aromatic N) is 7. The Morgan fingerprint density at radius 2 is 2.03 bits per heavy atom. The van der Waals surface area contributed by atoms with Crippen LogP contribution in [0.3, 0.4) is 0 Å². The molecule has 1 atom stereocenters. The number of pyridine rings is 1. The van der Waals surface area contributed by atoms with E-state index in [2.05, 4.69) is 52.1 Å². The molecule has 6 rings (SSSR count). The van der Waals surface area contributed by atoms with Crippen LogP contribution in [-0.4, -0.2) is 68.2 Å². The normalized spacial score (nSPS) is 18.9. The molecule has 2 fully saturated rings. The molecule has 0 unspecified atom stereocenters. The number of aryl methyl sites for hydroxylation is 2. The molecule has 2 aliphatic rings. The second kappa shape index (κ2) is 8.73. The molecule has 4 aromatic heterocycles. The number of hydrogen-bond donors (Lipinski definition) is 1. The van der Waals surface area contributed by atoms with Gasteiger partial charge in [-0.2, -0.15) is 5.10 Å². The fourth-order valence-corrected chi connectivity index (χ4v) is 5.23. The minimum Gasteiger partial charge on any atom is -0.377 e. The predicted molar refractivity (Wildman–Crippen MR) is 136 cm³/mol. The maximum absolute atomic E-state index is 5.70. The average Bonchev–Trinajstić information content (AvgIpc) is 3.35. The minimum atomic E-state index is 0.241. The molecular formula is C26H32N8O. The lowest BCUT2D eigenvalue weighted by Gasteiger charge is -2.34. The molecule has 1 N–H and O–H groups in total. The Labute approximate surface area is 205 Å². The van der Waals surface area contributed by atoms with Gasteiger partial charge in [0.2, 0.25) is 0 Å². The van der Waals surface area contributed by atoms with Crippen LogP contribution in [0.2, 0.25) is 0 Å². The van der Waals surface area contributed by atoms with Gasteiger partial charge in [0.05, 0.1) is 30.6 Å². The van der Waals surface area contributed by atoms with Crippen molar-refractivity contribution in [1.29, 1.82) is 0 Å². The Bertz CT molecular complexity index is 1390. The van der Waals surface area contributed by atoms with Crippen LogP contribution < -0.4 is 10.2 Å². The van der Waals surface area contributed by atoms with E-state index in [4.69, 9.17) is 19.7 Å². The van der Waals surface area contributed by atoms with Gasteiger partial charge in [0.1, 0.15) is 11.5 Å². The summed E-state index contributed by atoms with van der Waals surface area (Å²) < 4.78 is 9.88. The average molecular weight is 473 g/mol. The molecule has 0 bridgehead atoms. The Balaban J connectivity index is 1.51. The molecule has 4 aromatic rings. The third-order valence-electron chi connectivity index (χ3n) is 7.36. The molecule has 0 aromatic carbocycles. The van der Waals surface area contributed by atoms with Gasteiger partial charge >= 0.3 is 0 Å². The van der Waals surface area contributed by atoms with Crippen LogP contribution in [0.15, 0.2) is 30.6 Å². The van der Waals surface area contributed by atoms with Crippen molar-refractivity contribution in [2.45, 2.75) is 33.4 Å². The van der Waals surface area contributed by atoms with Crippen molar-refractivity contribution >= 4 is 16.9 Å². The van der Waals surface area contributed by atoms with Crippen molar-refractivity contribution in [3.05, 3.63) is 42.0 Å². The van der Waals surface area contributed by atoms with Crippen LogP contribution >= 0.6 is 0 Å². The molecule has 0 radical (unpaired) electrons. The highest BCUT2D eigenvalue weighted by Crippen LogP contribution is 2.33. The maximum Gasteiger partial charge on any atom is 0.162 e. The van der Waals surface area contributed by atoms with Crippen LogP contribution in [-0.2, 0) is 18.3 Å². The van der Waals surface area contributed by atoms with Crippen LogP contribution in [0.25, 0.3) is 33.7 Å². The van der Waals surface area contributed by atoms with Crippen LogP contribution in [0.1, 0.15) is 18.3 Å². The van der Waals surface area contributed by atoms with E-state index >= 15 is 0 Å². The minimum absolute atomic E-state index is 0.241. The highest BCUT2D eigenvalue weighted by Gasteiger charge is 2.25. The van der Waals surface area contributed by atoms with E-state index in [1.165, 1.54) is 0 Å². The Hall–Kier alpha value is -3.30. The molecule has 0 amide bonds. The lowest BCUT2D eigenvalue weighted by Crippen LogP contribution is -2.44. The molecule has 2 aliphatic heterocycles. The fraction of sp³-hybridized carbons (Fsp3) is 0.462. The third-order valence-corrected chi connectivity index (χ3v) is 7.36. The number of morpholine rings is 1. The lowest BCUT2D eigenvalue weighted by molar-refractivity contribution is 0.0985. The van der Waals surface area contributed by atoms with Crippen molar-refractivity contribution in [2.24, 2.45) is 13.0 Å². The zero-order valence-corrected chi connectivity index (χ0v) is 20.8.